The van der Waals surface area contributed by atoms with Crippen LogP contribution in [0.4, 0.5) is 4.79 Å². The van der Waals surface area contributed by atoms with Crippen molar-refractivity contribution in [2.45, 2.75) is 26.1 Å². The Morgan fingerprint density at radius 3 is 1.43 bits per heavy atom. The van der Waals surface area contributed by atoms with Gasteiger partial charge >= 0.3 is 18.1 Å². The van der Waals surface area contributed by atoms with Crippen molar-refractivity contribution in [2.24, 2.45) is 0 Å². The minimum atomic E-state index is -1.58. The van der Waals surface area contributed by atoms with Crippen LogP contribution < -0.4 is 0 Å². The molecule has 0 fully saturated rings. The molecule has 0 aromatic carbocycles. The van der Waals surface area contributed by atoms with Crippen LogP contribution in [0.15, 0.2) is 0 Å². The molecule has 14 heavy (non-hydrogen) atoms. The molecule has 0 saturated heterocycles. The Morgan fingerprint density at radius 1 is 0.929 bits per heavy atom. The molecule has 2 N–H and O–H groups in total. The molecule has 0 radical (unpaired) electrons. The van der Waals surface area contributed by atoms with Gasteiger partial charge in [-0.3, -0.25) is 0 Å². The maximum absolute atomic E-state index is 10.6. The summed E-state index contributed by atoms with van der Waals surface area (Å²) in [6, 6.07) is 0. The van der Waals surface area contributed by atoms with Crippen LogP contribution in [-0.2, 0) is 19.1 Å². The number of ether oxygens (including phenoxy) is 2. The van der Waals surface area contributed by atoms with Gasteiger partial charge in [0, 0.05) is 0 Å². The van der Waals surface area contributed by atoms with Crippen molar-refractivity contribution in [1.29, 1.82) is 0 Å². The van der Waals surface area contributed by atoms with E-state index in [1.165, 1.54) is 0 Å². The van der Waals surface area contributed by atoms with Gasteiger partial charge in [0.1, 0.15) is 12.2 Å². The van der Waals surface area contributed by atoms with E-state index in [-0.39, 0.29) is 0 Å². The quantitative estimate of drug-likeness (QED) is 0.438. The number of rotatable bonds is 2. The molecule has 0 aliphatic heterocycles. The Bertz CT molecular complexity index is 218. The third-order valence-electron chi connectivity index (χ3n) is 1.05. The summed E-state index contributed by atoms with van der Waals surface area (Å²) in [5.74, 6) is -2.48. The fraction of sp³-hybridized carbons (Fsp3) is 0.571. The van der Waals surface area contributed by atoms with Gasteiger partial charge in [0.05, 0.1) is 0 Å². The Kier molecular flexibility index (Phi) is 4.74. The zero-order valence-corrected chi connectivity index (χ0v) is 7.59. The predicted octanol–water partition coefficient (Wildman–Crippen LogP) is -1.05. The highest BCUT2D eigenvalue weighted by atomic mass is 16.8. The molecule has 0 amide bonds. The molecule has 2 unspecified atom stereocenters. The van der Waals surface area contributed by atoms with Gasteiger partial charge in [0.25, 0.3) is 0 Å². The van der Waals surface area contributed by atoms with Crippen molar-refractivity contribution in [3.63, 3.8) is 0 Å². The third kappa shape index (κ3) is 4.53. The van der Waals surface area contributed by atoms with Crippen molar-refractivity contribution in [3.8, 4) is 0 Å². The number of aliphatic hydroxyl groups is 2. The van der Waals surface area contributed by atoms with Crippen molar-refractivity contribution < 1.29 is 34.1 Å². The lowest BCUT2D eigenvalue weighted by Gasteiger charge is -2.05. The van der Waals surface area contributed by atoms with E-state index >= 15 is 0 Å². The number of hydrogen-bond donors (Lipinski definition) is 2. The standard InChI is InChI=1S/C7H10O7/c1-3(8)5(10)13-7(12)14-6(11)4(2)9/h3-4,8-9H,1-2H3. The van der Waals surface area contributed by atoms with Crippen molar-refractivity contribution in [2.75, 3.05) is 0 Å². The van der Waals surface area contributed by atoms with Crippen LogP contribution in [0.2, 0.25) is 0 Å². The summed E-state index contributed by atoms with van der Waals surface area (Å²) in [6.07, 6.45) is -4.57. The van der Waals surface area contributed by atoms with Crippen LogP contribution in [0.25, 0.3) is 0 Å². The summed E-state index contributed by atoms with van der Waals surface area (Å²) in [6.45, 7) is 2.15. The Balaban J connectivity index is 4.00. The minimum absolute atomic E-state index is 1.08. The number of carbonyl (C=O) groups excluding carboxylic acids is 3. The molecule has 0 aromatic heterocycles. The number of aliphatic hydroxyl groups excluding tert-OH is 2. The van der Waals surface area contributed by atoms with Gasteiger partial charge in [-0.05, 0) is 13.8 Å². The number of esters is 2. The molecule has 0 aliphatic carbocycles. The molecule has 0 aliphatic rings. The molecule has 7 nitrogen and oxygen atoms in total. The third-order valence-corrected chi connectivity index (χ3v) is 1.05. The maximum atomic E-state index is 10.6. The highest BCUT2D eigenvalue weighted by molar-refractivity contribution is 5.90. The summed E-state index contributed by atoms with van der Waals surface area (Å²) in [4.78, 5) is 31.7. The lowest BCUT2D eigenvalue weighted by atomic mass is 10.4. The molecule has 7 heteroatoms. The number of carbonyl (C=O) groups is 3. The first-order valence-electron chi connectivity index (χ1n) is 3.68. The molecule has 0 bridgehead atoms. The largest absolute Gasteiger partial charge is 0.524 e. The van der Waals surface area contributed by atoms with Crippen molar-refractivity contribution in [3.05, 3.63) is 0 Å². The second-order valence-corrected chi connectivity index (χ2v) is 2.44. The molecule has 0 rings (SSSR count). The highest BCUT2D eigenvalue weighted by Crippen LogP contribution is 1.94. The summed E-state index contributed by atoms with van der Waals surface area (Å²) in [5.41, 5.74) is 0. The lowest BCUT2D eigenvalue weighted by molar-refractivity contribution is -0.155. The molecule has 0 aromatic rings. The second kappa shape index (κ2) is 5.30. The molecule has 80 valence electrons. The van der Waals surface area contributed by atoms with E-state index in [4.69, 9.17) is 10.2 Å². The average Bonchev–Trinajstić information content (AvgIpc) is 2.03. The maximum Gasteiger partial charge on any atom is 0.524 e. The van der Waals surface area contributed by atoms with Gasteiger partial charge < -0.3 is 19.7 Å². The van der Waals surface area contributed by atoms with E-state index in [1.54, 1.807) is 0 Å². The van der Waals surface area contributed by atoms with Crippen LogP contribution in [0.5, 0.6) is 0 Å². The van der Waals surface area contributed by atoms with Gasteiger partial charge in [-0.15, -0.1) is 0 Å². The van der Waals surface area contributed by atoms with Crippen LogP contribution in [0.1, 0.15) is 13.8 Å². The normalized spacial score (nSPS) is 14.0. The van der Waals surface area contributed by atoms with Crippen LogP contribution in [0.3, 0.4) is 0 Å². The van der Waals surface area contributed by atoms with E-state index in [1.807, 2.05) is 0 Å². The van der Waals surface area contributed by atoms with Crippen LogP contribution in [0, 0.1) is 0 Å². The summed E-state index contributed by atoms with van der Waals surface area (Å²) in [5, 5.41) is 17.2. The van der Waals surface area contributed by atoms with Gasteiger partial charge in [0.15, 0.2) is 0 Å². The Labute approximate surface area is 79.2 Å². The zero-order chi connectivity index (χ0) is 11.3. The fourth-order valence-electron chi connectivity index (χ4n) is 0.356. The summed E-state index contributed by atoms with van der Waals surface area (Å²) in [7, 11) is 0. The molecule has 0 spiro atoms. The van der Waals surface area contributed by atoms with E-state index in [0.717, 1.165) is 13.8 Å². The lowest BCUT2D eigenvalue weighted by Crippen LogP contribution is -2.28. The topological polar surface area (TPSA) is 110 Å². The SMILES string of the molecule is CC(O)C(=O)OC(=O)OC(=O)C(C)O. The van der Waals surface area contributed by atoms with Crippen molar-refractivity contribution in [1.82, 2.24) is 0 Å². The van der Waals surface area contributed by atoms with Crippen molar-refractivity contribution >= 4 is 18.1 Å². The minimum Gasteiger partial charge on any atom is -0.382 e. The smallest absolute Gasteiger partial charge is 0.382 e. The van der Waals surface area contributed by atoms with E-state index in [2.05, 4.69) is 9.47 Å². The van der Waals surface area contributed by atoms with Gasteiger partial charge in [0.2, 0.25) is 0 Å². The van der Waals surface area contributed by atoms with Gasteiger partial charge in [-0.25, -0.2) is 14.4 Å². The average molecular weight is 206 g/mol. The monoisotopic (exact) mass is 206 g/mol. The van der Waals surface area contributed by atoms with E-state index < -0.39 is 30.3 Å². The molecular formula is C7H10O7. The first-order valence-corrected chi connectivity index (χ1v) is 3.68. The number of hydrogen-bond acceptors (Lipinski definition) is 7. The molecule has 0 saturated carbocycles. The summed E-state index contributed by atoms with van der Waals surface area (Å²) < 4.78 is 7.70. The molecular weight excluding hydrogens is 196 g/mol. The van der Waals surface area contributed by atoms with Gasteiger partial charge in [-0.2, -0.15) is 0 Å². The van der Waals surface area contributed by atoms with E-state index in [9.17, 15) is 14.4 Å². The Hall–Kier alpha value is -1.47. The van der Waals surface area contributed by atoms with E-state index in [0.29, 0.717) is 0 Å². The first-order chi connectivity index (χ1) is 6.34. The summed E-state index contributed by atoms with van der Waals surface area (Å²) >= 11 is 0. The second-order valence-electron chi connectivity index (χ2n) is 2.44. The van der Waals surface area contributed by atoms with Gasteiger partial charge in [-0.1, -0.05) is 0 Å². The highest BCUT2D eigenvalue weighted by Gasteiger charge is 2.21. The first kappa shape index (κ1) is 12.5. The molecule has 0 heterocycles. The molecule has 2 atom stereocenters. The fourth-order valence-corrected chi connectivity index (χ4v) is 0.356. The Morgan fingerprint density at radius 2 is 1.21 bits per heavy atom. The van der Waals surface area contributed by atoms with Crippen LogP contribution in [-0.4, -0.2) is 40.5 Å². The predicted molar refractivity (Wildman–Crippen MR) is 40.9 cm³/mol. The zero-order valence-electron chi connectivity index (χ0n) is 7.59. The van der Waals surface area contributed by atoms with Crippen LogP contribution >= 0.6 is 0 Å².